The maximum absolute atomic E-state index is 6.06. The van der Waals surface area contributed by atoms with E-state index in [4.69, 9.17) is 27.9 Å². The third-order valence-electron chi connectivity index (χ3n) is 2.83. The van der Waals surface area contributed by atoms with Crippen LogP contribution in [0.4, 0.5) is 0 Å². The van der Waals surface area contributed by atoms with Crippen molar-refractivity contribution in [1.82, 2.24) is 10.3 Å². The number of nitrogens with one attached hydrogen (secondary N) is 1. The van der Waals surface area contributed by atoms with Gasteiger partial charge in [0.1, 0.15) is 11.5 Å². The van der Waals surface area contributed by atoms with Crippen LogP contribution in [0.25, 0.3) is 0 Å². The molecule has 1 N–H and O–H groups in total. The second-order valence-electron chi connectivity index (χ2n) is 4.37. The normalized spacial score (nSPS) is 12.2. The zero-order chi connectivity index (χ0) is 14.5. The second-order valence-corrected chi connectivity index (χ2v) is 5.22. The second kappa shape index (κ2) is 6.93. The van der Waals surface area contributed by atoms with Crippen molar-refractivity contribution >= 4 is 23.2 Å². The molecule has 3 nitrogen and oxygen atoms in total. The van der Waals surface area contributed by atoms with Gasteiger partial charge < -0.3 is 10.1 Å². The van der Waals surface area contributed by atoms with Gasteiger partial charge in [0, 0.05) is 17.1 Å². The zero-order valence-electron chi connectivity index (χ0n) is 11.4. The van der Waals surface area contributed by atoms with E-state index >= 15 is 0 Å². The summed E-state index contributed by atoms with van der Waals surface area (Å²) in [6.07, 6.45) is 1.68. The number of aromatic nitrogens is 1. The lowest BCUT2D eigenvalue weighted by atomic mass is 10.2. The molecule has 0 radical (unpaired) electrons. The highest BCUT2D eigenvalue weighted by molar-refractivity contribution is 6.34. The van der Waals surface area contributed by atoms with Crippen molar-refractivity contribution < 1.29 is 4.74 Å². The largest absolute Gasteiger partial charge is 0.454 e. The molecule has 1 heterocycles. The Kier molecular flexibility index (Phi) is 5.24. The molecule has 106 valence electrons. The highest BCUT2D eigenvalue weighted by atomic mass is 35.5. The molecule has 2 aromatic rings. The Morgan fingerprint density at radius 2 is 2.05 bits per heavy atom. The smallest absolute Gasteiger partial charge is 0.147 e. The van der Waals surface area contributed by atoms with Crippen LogP contribution in [0.15, 0.2) is 36.5 Å². The standard InChI is InChI=1S/C15H16Cl2N2O/c1-3-18-10(2)14-7-5-12(9-19-14)20-15-8-11(16)4-6-13(15)17/h4-10,18H,3H2,1-2H3. The number of benzene rings is 1. The van der Waals surface area contributed by atoms with E-state index in [0.717, 1.165) is 12.2 Å². The predicted molar refractivity (Wildman–Crippen MR) is 82.9 cm³/mol. The average Bonchev–Trinajstić information content (AvgIpc) is 2.44. The molecule has 1 aromatic carbocycles. The minimum Gasteiger partial charge on any atom is -0.454 e. The van der Waals surface area contributed by atoms with Crippen molar-refractivity contribution in [1.29, 1.82) is 0 Å². The molecule has 0 aliphatic rings. The molecule has 0 aliphatic carbocycles. The summed E-state index contributed by atoms with van der Waals surface area (Å²) in [6, 6.07) is 9.11. The molecule has 0 saturated heterocycles. The van der Waals surface area contributed by atoms with Crippen molar-refractivity contribution in [2.45, 2.75) is 19.9 Å². The Hall–Kier alpha value is -1.29. The Labute approximate surface area is 128 Å². The molecule has 0 saturated carbocycles. The summed E-state index contributed by atoms with van der Waals surface area (Å²) in [5.41, 5.74) is 0.969. The van der Waals surface area contributed by atoms with E-state index < -0.39 is 0 Å². The van der Waals surface area contributed by atoms with Crippen molar-refractivity contribution in [3.8, 4) is 11.5 Å². The molecule has 5 heteroatoms. The number of halogens is 2. The number of hydrogen-bond donors (Lipinski definition) is 1. The highest BCUT2D eigenvalue weighted by Crippen LogP contribution is 2.31. The number of pyridine rings is 1. The third-order valence-corrected chi connectivity index (χ3v) is 3.38. The van der Waals surface area contributed by atoms with Gasteiger partial charge in [-0.15, -0.1) is 0 Å². The van der Waals surface area contributed by atoms with E-state index in [0.29, 0.717) is 21.5 Å². The molecule has 0 spiro atoms. The number of ether oxygens (including phenoxy) is 1. The van der Waals surface area contributed by atoms with E-state index in [-0.39, 0.29) is 6.04 Å². The van der Waals surface area contributed by atoms with Crippen LogP contribution in [0.5, 0.6) is 11.5 Å². The van der Waals surface area contributed by atoms with Gasteiger partial charge in [-0.2, -0.15) is 0 Å². The lowest BCUT2D eigenvalue weighted by Gasteiger charge is -2.12. The Balaban J connectivity index is 2.12. The third kappa shape index (κ3) is 3.85. The molecule has 0 amide bonds. The molecular weight excluding hydrogens is 295 g/mol. The van der Waals surface area contributed by atoms with Crippen LogP contribution >= 0.6 is 23.2 Å². The fraction of sp³-hybridized carbons (Fsp3) is 0.267. The lowest BCUT2D eigenvalue weighted by molar-refractivity contribution is 0.478. The van der Waals surface area contributed by atoms with E-state index in [2.05, 4.69) is 24.1 Å². The maximum atomic E-state index is 6.06. The van der Waals surface area contributed by atoms with Crippen molar-refractivity contribution in [2.24, 2.45) is 0 Å². The maximum Gasteiger partial charge on any atom is 0.147 e. The Morgan fingerprint density at radius 1 is 1.25 bits per heavy atom. The molecule has 0 bridgehead atoms. The van der Waals surface area contributed by atoms with Crippen LogP contribution in [-0.2, 0) is 0 Å². The zero-order valence-corrected chi connectivity index (χ0v) is 12.9. The molecule has 20 heavy (non-hydrogen) atoms. The summed E-state index contributed by atoms with van der Waals surface area (Å²) < 4.78 is 5.69. The van der Waals surface area contributed by atoms with Gasteiger partial charge in [0.05, 0.1) is 16.9 Å². The summed E-state index contributed by atoms with van der Waals surface area (Å²) in [6.45, 7) is 5.04. The van der Waals surface area contributed by atoms with Crippen LogP contribution in [0.2, 0.25) is 10.0 Å². The number of hydrogen-bond acceptors (Lipinski definition) is 3. The summed E-state index contributed by atoms with van der Waals surface area (Å²) in [5, 5.41) is 4.40. The van der Waals surface area contributed by atoms with E-state index in [1.165, 1.54) is 0 Å². The summed E-state index contributed by atoms with van der Waals surface area (Å²) in [7, 11) is 0. The first-order valence-corrected chi connectivity index (χ1v) is 7.18. The minimum atomic E-state index is 0.212. The van der Waals surface area contributed by atoms with Gasteiger partial charge in [-0.3, -0.25) is 4.98 Å². The van der Waals surface area contributed by atoms with Crippen LogP contribution < -0.4 is 10.1 Å². The van der Waals surface area contributed by atoms with Crippen molar-refractivity contribution in [2.75, 3.05) is 6.54 Å². The van der Waals surface area contributed by atoms with Crippen LogP contribution in [0, 0.1) is 0 Å². The van der Waals surface area contributed by atoms with Gasteiger partial charge in [0.25, 0.3) is 0 Å². The topological polar surface area (TPSA) is 34.1 Å². The van der Waals surface area contributed by atoms with E-state index in [9.17, 15) is 0 Å². The SMILES string of the molecule is CCNC(C)c1ccc(Oc2cc(Cl)ccc2Cl)cn1. The predicted octanol–water partition coefficient (Wildman–Crippen LogP) is 4.85. The molecule has 1 aromatic heterocycles. The fourth-order valence-electron chi connectivity index (χ4n) is 1.80. The summed E-state index contributed by atoms with van der Waals surface area (Å²) in [5.74, 6) is 1.15. The Morgan fingerprint density at radius 3 is 2.70 bits per heavy atom. The monoisotopic (exact) mass is 310 g/mol. The highest BCUT2D eigenvalue weighted by Gasteiger charge is 2.07. The van der Waals surface area contributed by atoms with Gasteiger partial charge in [-0.1, -0.05) is 30.1 Å². The molecule has 1 atom stereocenters. The average molecular weight is 311 g/mol. The van der Waals surface area contributed by atoms with Gasteiger partial charge >= 0.3 is 0 Å². The molecule has 0 fully saturated rings. The quantitative estimate of drug-likeness (QED) is 0.857. The first-order chi connectivity index (χ1) is 9.60. The summed E-state index contributed by atoms with van der Waals surface area (Å²) in [4.78, 5) is 4.38. The first-order valence-electron chi connectivity index (χ1n) is 6.42. The number of rotatable bonds is 5. The van der Waals surface area contributed by atoms with Gasteiger partial charge in [-0.05, 0) is 37.7 Å². The van der Waals surface area contributed by atoms with Crippen LogP contribution in [-0.4, -0.2) is 11.5 Å². The summed E-state index contributed by atoms with van der Waals surface area (Å²) >= 11 is 12.0. The molecule has 0 aliphatic heterocycles. The molecular formula is C15H16Cl2N2O. The molecule has 2 rings (SSSR count). The van der Waals surface area contributed by atoms with Crippen LogP contribution in [0.1, 0.15) is 25.6 Å². The van der Waals surface area contributed by atoms with Crippen molar-refractivity contribution in [3.63, 3.8) is 0 Å². The first kappa shape index (κ1) is 15.1. The van der Waals surface area contributed by atoms with E-state index in [1.54, 1.807) is 24.4 Å². The lowest BCUT2D eigenvalue weighted by Crippen LogP contribution is -2.18. The van der Waals surface area contributed by atoms with Crippen molar-refractivity contribution in [3.05, 3.63) is 52.3 Å². The van der Waals surface area contributed by atoms with Gasteiger partial charge in [0.15, 0.2) is 0 Å². The van der Waals surface area contributed by atoms with Gasteiger partial charge in [-0.25, -0.2) is 0 Å². The fourth-order valence-corrected chi connectivity index (χ4v) is 2.12. The molecule has 1 unspecified atom stereocenters. The minimum absolute atomic E-state index is 0.212. The number of nitrogens with zero attached hydrogens (tertiary/aromatic N) is 1. The Bertz CT molecular complexity index is 573. The van der Waals surface area contributed by atoms with E-state index in [1.807, 2.05) is 12.1 Å². The van der Waals surface area contributed by atoms with Gasteiger partial charge in [0.2, 0.25) is 0 Å². The van der Waals surface area contributed by atoms with Crippen LogP contribution in [0.3, 0.4) is 0 Å².